The van der Waals surface area contributed by atoms with Crippen LogP contribution in [0.4, 0.5) is 0 Å². The number of nitrogens with zero attached hydrogens (tertiary/aromatic N) is 2. The van der Waals surface area contributed by atoms with Gasteiger partial charge in [-0.05, 0) is 56.9 Å². The Bertz CT molecular complexity index is 1740. The van der Waals surface area contributed by atoms with Crippen LogP contribution in [0.5, 0.6) is 11.5 Å². The zero-order chi connectivity index (χ0) is 26.0. The molecule has 39 heavy (non-hydrogen) atoms. The van der Waals surface area contributed by atoms with Gasteiger partial charge in [0.2, 0.25) is 6.79 Å². The van der Waals surface area contributed by atoms with Gasteiger partial charge < -0.3 is 9.47 Å². The number of hydrogen-bond donors (Lipinski definition) is 0. The summed E-state index contributed by atoms with van der Waals surface area (Å²) in [7, 11) is 0. The lowest BCUT2D eigenvalue weighted by Gasteiger charge is -2.17. The molecular formula is C35H24N2O2. The van der Waals surface area contributed by atoms with Crippen molar-refractivity contribution in [3.05, 3.63) is 132 Å². The Labute approximate surface area is 226 Å². The Hall–Kier alpha value is -5.22. The van der Waals surface area contributed by atoms with E-state index in [-0.39, 0.29) is 6.79 Å². The first-order valence-electron chi connectivity index (χ1n) is 12.9. The molecular weight excluding hydrogens is 480 g/mol. The lowest BCUT2D eigenvalue weighted by molar-refractivity contribution is 0.124. The average Bonchev–Trinajstić information content (AvgIpc) is 3.21. The third-order valence-electron chi connectivity index (χ3n) is 7.00. The Morgan fingerprint density at radius 2 is 1.03 bits per heavy atom. The SMILES string of the molecule is C(=C\c1cc2ccccc2c2c1OCOc1c(/C=C/c3cccnc3)cc3ccccc3c1-2)/c1cccnc1. The highest BCUT2D eigenvalue weighted by Crippen LogP contribution is 2.50. The van der Waals surface area contributed by atoms with Crippen LogP contribution in [0.25, 0.3) is 57.0 Å². The predicted octanol–water partition coefficient (Wildman–Crippen LogP) is 8.52. The molecule has 0 amide bonds. The van der Waals surface area contributed by atoms with E-state index < -0.39 is 0 Å². The lowest BCUT2D eigenvalue weighted by atomic mass is 9.88. The summed E-state index contributed by atoms with van der Waals surface area (Å²) in [5.41, 5.74) is 6.11. The van der Waals surface area contributed by atoms with Gasteiger partial charge in [-0.2, -0.15) is 0 Å². The van der Waals surface area contributed by atoms with Crippen molar-refractivity contribution in [2.45, 2.75) is 0 Å². The van der Waals surface area contributed by atoms with E-state index in [0.29, 0.717) is 0 Å². The van der Waals surface area contributed by atoms with Gasteiger partial charge in [-0.1, -0.05) is 85.0 Å². The van der Waals surface area contributed by atoms with E-state index in [4.69, 9.17) is 9.47 Å². The molecule has 0 aliphatic carbocycles. The second-order valence-electron chi connectivity index (χ2n) is 9.43. The molecule has 3 heterocycles. The summed E-state index contributed by atoms with van der Waals surface area (Å²) in [4.78, 5) is 8.50. The van der Waals surface area contributed by atoms with Crippen LogP contribution in [0.3, 0.4) is 0 Å². The van der Waals surface area contributed by atoms with Gasteiger partial charge in [0, 0.05) is 47.0 Å². The molecule has 0 saturated carbocycles. The summed E-state index contributed by atoms with van der Waals surface area (Å²) in [6.07, 6.45) is 15.6. The van der Waals surface area contributed by atoms with Crippen LogP contribution in [0, 0.1) is 0 Å². The Kier molecular flexibility index (Phi) is 5.83. The standard InChI is InChI=1S/C35H24N2O2/c1-3-11-30-26(9-1)19-28(15-13-24-7-5-17-36-21-24)34-32(30)33-31-12-4-2-10-27(31)20-29(35(33)39-23-38-34)16-14-25-8-6-18-37-22-25/h1-22H,23H2/b15-13+,16-14+. The number of rotatable bonds is 4. The molecule has 7 rings (SSSR count). The zero-order valence-corrected chi connectivity index (χ0v) is 21.1. The van der Waals surface area contributed by atoms with E-state index in [1.165, 1.54) is 0 Å². The molecule has 4 nitrogen and oxygen atoms in total. The average molecular weight is 505 g/mol. The second kappa shape index (κ2) is 9.92. The normalized spacial score (nSPS) is 12.7. The van der Waals surface area contributed by atoms with E-state index >= 15 is 0 Å². The number of fused-ring (bicyclic) bond motifs is 7. The predicted molar refractivity (Wildman–Crippen MR) is 159 cm³/mol. The van der Waals surface area contributed by atoms with E-state index in [1.807, 2.05) is 36.7 Å². The van der Waals surface area contributed by atoms with E-state index in [9.17, 15) is 0 Å². The summed E-state index contributed by atoms with van der Waals surface area (Å²) >= 11 is 0. The maximum Gasteiger partial charge on any atom is 0.231 e. The maximum atomic E-state index is 6.40. The first-order chi connectivity index (χ1) is 19.3. The molecule has 186 valence electrons. The van der Waals surface area contributed by atoms with Crippen LogP contribution in [-0.4, -0.2) is 16.8 Å². The van der Waals surface area contributed by atoms with Crippen molar-refractivity contribution in [1.29, 1.82) is 0 Å². The van der Waals surface area contributed by atoms with Gasteiger partial charge >= 0.3 is 0 Å². The highest BCUT2D eigenvalue weighted by atomic mass is 16.7. The minimum atomic E-state index is 0.109. The fourth-order valence-corrected chi connectivity index (χ4v) is 5.22. The highest BCUT2D eigenvalue weighted by molar-refractivity contribution is 6.12. The summed E-state index contributed by atoms with van der Waals surface area (Å²) in [6, 6.07) is 29.2. The number of benzene rings is 4. The summed E-state index contributed by atoms with van der Waals surface area (Å²) in [5, 5.41) is 4.52. The van der Waals surface area contributed by atoms with Crippen LogP contribution in [-0.2, 0) is 0 Å². The smallest absolute Gasteiger partial charge is 0.231 e. The quantitative estimate of drug-likeness (QED) is 0.241. The van der Waals surface area contributed by atoms with Crippen molar-refractivity contribution in [3.63, 3.8) is 0 Å². The van der Waals surface area contributed by atoms with Crippen LogP contribution in [0.1, 0.15) is 22.3 Å². The molecule has 4 aromatic carbocycles. The maximum absolute atomic E-state index is 6.40. The monoisotopic (exact) mass is 504 g/mol. The van der Waals surface area contributed by atoms with E-state index in [0.717, 1.165) is 66.4 Å². The minimum Gasteiger partial charge on any atom is -0.456 e. The number of pyridine rings is 2. The van der Waals surface area contributed by atoms with Crippen molar-refractivity contribution in [2.75, 3.05) is 6.79 Å². The molecule has 1 aliphatic rings. The molecule has 0 radical (unpaired) electrons. The first-order valence-corrected chi connectivity index (χ1v) is 12.9. The van der Waals surface area contributed by atoms with Crippen LogP contribution in [0.2, 0.25) is 0 Å². The fourth-order valence-electron chi connectivity index (χ4n) is 5.22. The first kappa shape index (κ1) is 22.9. The van der Waals surface area contributed by atoms with Crippen molar-refractivity contribution in [1.82, 2.24) is 9.97 Å². The molecule has 4 heteroatoms. The fraction of sp³-hybridized carbons (Fsp3) is 0.0286. The molecule has 0 bridgehead atoms. The Morgan fingerprint density at radius 3 is 1.49 bits per heavy atom. The van der Waals surface area contributed by atoms with Gasteiger partial charge in [-0.15, -0.1) is 0 Å². The minimum absolute atomic E-state index is 0.109. The van der Waals surface area contributed by atoms with Crippen molar-refractivity contribution >= 4 is 45.8 Å². The third kappa shape index (κ3) is 4.32. The second-order valence-corrected chi connectivity index (χ2v) is 9.43. The molecule has 0 N–H and O–H groups in total. The van der Waals surface area contributed by atoms with Crippen molar-refractivity contribution in [2.24, 2.45) is 0 Å². The molecule has 0 spiro atoms. The zero-order valence-electron chi connectivity index (χ0n) is 21.1. The van der Waals surface area contributed by atoms with Gasteiger partial charge in [-0.3, -0.25) is 9.97 Å². The van der Waals surface area contributed by atoms with Crippen LogP contribution >= 0.6 is 0 Å². The van der Waals surface area contributed by atoms with Gasteiger partial charge in [0.1, 0.15) is 11.5 Å². The van der Waals surface area contributed by atoms with Gasteiger partial charge in [0.25, 0.3) is 0 Å². The largest absolute Gasteiger partial charge is 0.456 e. The van der Waals surface area contributed by atoms with Gasteiger partial charge in [-0.25, -0.2) is 0 Å². The molecule has 6 aromatic rings. The van der Waals surface area contributed by atoms with Crippen molar-refractivity contribution in [3.8, 4) is 22.6 Å². The van der Waals surface area contributed by atoms with Crippen LogP contribution < -0.4 is 9.47 Å². The number of ether oxygens (including phenoxy) is 2. The summed E-state index contributed by atoms with van der Waals surface area (Å²) in [6.45, 7) is 0.109. The topological polar surface area (TPSA) is 44.2 Å². The molecule has 1 aliphatic heterocycles. The third-order valence-corrected chi connectivity index (χ3v) is 7.00. The molecule has 2 aromatic heterocycles. The van der Waals surface area contributed by atoms with Gasteiger partial charge in [0.15, 0.2) is 0 Å². The Balaban J connectivity index is 1.52. The van der Waals surface area contributed by atoms with Gasteiger partial charge in [0.05, 0.1) is 0 Å². The van der Waals surface area contributed by atoms with Crippen molar-refractivity contribution < 1.29 is 9.47 Å². The summed E-state index contributed by atoms with van der Waals surface area (Å²) in [5.74, 6) is 1.62. The molecule has 0 saturated heterocycles. The molecule has 0 fully saturated rings. The molecule has 0 atom stereocenters. The summed E-state index contributed by atoms with van der Waals surface area (Å²) < 4.78 is 12.8. The lowest BCUT2D eigenvalue weighted by Crippen LogP contribution is -2.05. The highest BCUT2D eigenvalue weighted by Gasteiger charge is 2.25. The molecule has 0 unspecified atom stereocenters. The van der Waals surface area contributed by atoms with E-state index in [2.05, 4.69) is 94.9 Å². The van der Waals surface area contributed by atoms with E-state index in [1.54, 1.807) is 12.4 Å². The number of hydrogen-bond acceptors (Lipinski definition) is 4. The van der Waals surface area contributed by atoms with Crippen LogP contribution in [0.15, 0.2) is 110 Å². The number of aromatic nitrogens is 2. The Morgan fingerprint density at radius 1 is 0.538 bits per heavy atom.